The summed E-state index contributed by atoms with van der Waals surface area (Å²) >= 11 is 2.96. The molecule has 0 atom stereocenters. The van der Waals surface area contributed by atoms with Crippen molar-refractivity contribution in [3.63, 3.8) is 0 Å². The second-order valence-electron chi connectivity index (χ2n) is 5.67. The second-order valence-corrected chi connectivity index (χ2v) is 7.87. The van der Waals surface area contributed by atoms with E-state index in [1.807, 2.05) is 31.2 Å². The molecule has 0 unspecified atom stereocenters. The number of nitrogens with one attached hydrogen (secondary N) is 1. The van der Waals surface area contributed by atoms with Crippen LogP contribution in [0, 0.1) is 12.8 Å². The van der Waals surface area contributed by atoms with E-state index < -0.39 is 0 Å². The summed E-state index contributed by atoms with van der Waals surface area (Å²) in [7, 11) is 0. The maximum absolute atomic E-state index is 11.7. The lowest BCUT2D eigenvalue weighted by Gasteiger charge is -2.05. The number of fused-ring (bicyclic) bond motifs is 1. The van der Waals surface area contributed by atoms with Gasteiger partial charge in [-0.2, -0.15) is 0 Å². The Balaban J connectivity index is 1.44. The molecule has 1 fully saturated rings. The fraction of sp³-hybridized carbons (Fsp3) is 0.312. The van der Waals surface area contributed by atoms with Gasteiger partial charge in [-0.25, -0.2) is 9.97 Å². The Morgan fingerprint density at radius 3 is 2.75 bits per heavy atom. The van der Waals surface area contributed by atoms with Crippen LogP contribution < -0.4 is 5.32 Å². The fourth-order valence-corrected chi connectivity index (χ4v) is 4.02. The van der Waals surface area contributed by atoms with Gasteiger partial charge in [0, 0.05) is 11.7 Å². The first-order valence-corrected chi connectivity index (χ1v) is 9.48. The fourth-order valence-electron chi connectivity index (χ4n) is 2.26. The molecule has 1 aliphatic rings. The van der Waals surface area contributed by atoms with Crippen molar-refractivity contribution in [2.75, 3.05) is 5.32 Å². The first kappa shape index (κ1) is 15.5. The van der Waals surface area contributed by atoms with E-state index in [4.69, 9.17) is 0 Å². The summed E-state index contributed by atoms with van der Waals surface area (Å²) in [6.45, 7) is 1.97. The van der Waals surface area contributed by atoms with E-state index in [0.29, 0.717) is 10.9 Å². The van der Waals surface area contributed by atoms with E-state index in [1.165, 1.54) is 11.3 Å². The summed E-state index contributed by atoms with van der Waals surface area (Å²) in [6.07, 6.45) is 1.96. The molecule has 1 N–H and O–H groups in total. The molecule has 1 amide bonds. The predicted octanol–water partition coefficient (Wildman–Crippen LogP) is 3.43. The van der Waals surface area contributed by atoms with Gasteiger partial charge in [-0.1, -0.05) is 35.2 Å². The molecule has 0 spiro atoms. The van der Waals surface area contributed by atoms with Crippen molar-refractivity contribution in [1.29, 1.82) is 0 Å². The lowest BCUT2D eigenvalue weighted by Crippen LogP contribution is -2.12. The monoisotopic (exact) mass is 357 g/mol. The smallest absolute Gasteiger partial charge is 0.229 e. The number of carbonyl (C=O) groups is 1. The van der Waals surface area contributed by atoms with Gasteiger partial charge in [0.1, 0.15) is 0 Å². The maximum atomic E-state index is 11.7. The van der Waals surface area contributed by atoms with E-state index in [2.05, 4.69) is 25.5 Å². The minimum Gasteiger partial charge on any atom is -0.300 e. The van der Waals surface area contributed by atoms with Gasteiger partial charge in [0.05, 0.1) is 22.4 Å². The van der Waals surface area contributed by atoms with Crippen LogP contribution in [0.2, 0.25) is 0 Å². The predicted molar refractivity (Wildman–Crippen MR) is 95.1 cm³/mol. The topological polar surface area (TPSA) is 80.7 Å². The molecule has 122 valence electrons. The van der Waals surface area contributed by atoms with Crippen LogP contribution in [0.15, 0.2) is 28.6 Å². The number of para-hydroxylation sites is 2. The third-order valence-corrected chi connectivity index (χ3v) is 5.74. The summed E-state index contributed by atoms with van der Waals surface area (Å²) in [5.41, 5.74) is 3.67. The SMILES string of the molecule is Cc1nc2ccccc2nc1CSc1nnc(NC(=O)C2CC2)s1. The Morgan fingerprint density at radius 1 is 1.25 bits per heavy atom. The molecule has 1 aromatic carbocycles. The molecule has 2 aromatic heterocycles. The molecule has 2 heterocycles. The van der Waals surface area contributed by atoms with Crippen LogP contribution in [0.3, 0.4) is 0 Å². The first-order valence-electron chi connectivity index (χ1n) is 7.68. The van der Waals surface area contributed by atoms with Crippen molar-refractivity contribution in [3.05, 3.63) is 35.7 Å². The van der Waals surface area contributed by atoms with Gasteiger partial charge < -0.3 is 5.32 Å². The van der Waals surface area contributed by atoms with E-state index in [1.54, 1.807) is 11.8 Å². The molecule has 1 saturated carbocycles. The van der Waals surface area contributed by atoms with Crippen molar-refractivity contribution >= 4 is 45.2 Å². The van der Waals surface area contributed by atoms with Crippen molar-refractivity contribution in [2.45, 2.75) is 29.9 Å². The average molecular weight is 357 g/mol. The summed E-state index contributed by atoms with van der Waals surface area (Å²) in [5.74, 6) is 0.897. The van der Waals surface area contributed by atoms with Crippen LogP contribution in [-0.2, 0) is 10.5 Å². The van der Waals surface area contributed by atoms with Gasteiger partial charge in [-0.3, -0.25) is 4.79 Å². The van der Waals surface area contributed by atoms with Crippen molar-refractivity contribution < 1.29 is 4.79 Å². The number of thioether (sulfide) groups is 1. The van der Waals surface area contributed by atoms with Crippen LogP contribution in [0.25, 0.3) is 11.0 Å². The molecular formula is C16H15N5OS2. The number of rotatable bonds is 5. The normalized spacial score (nSPS) is 14.0. The number of hydrogen-bond acceptors (Lipinski definition) is 7. The second kappa shape index (κ2) is 6.45. The van der Waals surface area contributed by atoms with Gasteiger partial charge in [-0.15, -0.1) is 10.2 Å². The number of carbonyl (C=O) groups excluding carboxylic acids is 1. The lowest BCUT2D eigenvalue weighted by atomic mass is 10.2. The van der Waals surface area contributed by atoms with Gasteiger partial charge in [-0.05, 0) is 31.9 Å². The highest BCUT2D eigenvalue weighted by Gasteiger charge is 2.30. The summed E-state index contributed by atoms with van der Waals surface area (Å²) in [6, 6.07) is 7.85. The molecule has 0 bridgehead atoms. The number of anilines is 1. The molecule has 3 aromatic rings. The summed E-state index contributed by atoms with van der Waals surface area (Å²) in [4.78, 5) is 21.0. The van der Waals surface area contributed by atoms with Gasteiger partial charge in [0.15, 0.2) is 4.34 Å². The minimum atomic E-state index is 0.0546. The van der Waals surface area contributed by atoms with Crippen molar-refractivity contribution in [3.8, 4) is 0 Å². The highest BCUT2D eigenvalue weighted by Crippen LogP contribution is 2.32. The Hall–Kier alpha value is -2.06. The van der Waals surface area contributed by atoms with E-state index >= 15 is 0 Å². The molecule has 1 aliphatic carbocycles. The van der Waals surface area contributed by atoms with Gasteiger partial charge in [0.25, 0.3) is 0 Å². The lowest BCUT2D eigenvalue weighted by molar-refractivity contribution is -0.117. The largest absolute Gasteiger partial charge is 0.300 e. The Bertz CT molecular complexity index is 906. The highest BCUT2D eigenvalue weighted by molar-refractivity contribution is 8.00. The van der Waals surface area contributed by atoms with Crippen LogP contribution in [0.4, 0.5) is 5.13 Å². The standard InChI is InChI=1S/C16H15N5OS2/c1-9-13(18-12-5-3-2-4-11(12)17-9)8-23-16-21-20-15(24-16)19-14(22)10-6-7-10/h2-5,10H,6-8H2,1H3,(H,19,20,22). The Kier molecular flexibility index (Phi) is 4.15. The first-order chi connectivity index (χ1) is 11.7. The Morgan fingerprint density at radius 2 is 2.00 bits per heavy atom. The van der Waals surface area contributed by atoms with Crippen LogP contribution in [0.5, 0.6) is 0 Å². The third kappa shape index (κ3) is 3.39. The molecule has 0 aliphatic heterocycles. The molecule has 6 nitrogen and oxygen atoms in total. The number of hydrogen-bond donors (Lipinski definition) is 1. The van der Waals surface area contributed by atoms with Gasteiger partial charge in [0.2, 0.25) is 11.0 Å². The van der Waals surface area contributed by atoms with Crippen molar-refractivity contribution in [1.82, 2.24) is 20.2 Å². The van der Waals surface area contributed by atoms with E-state index in [-0.39, 0.29) is 11.8 Å². The van der Waals surface area contributed by atoms with Gasteiger partial charge >= 0.3 is 0 Å². The molecule has 0 saturated heterocycles. The molecule has 4 rings (SSSR count). The number of amides is 1. The zero-order valence-electron chi connectivity index (χ0n) is 13.0. The van der Waals surface area contributed by atoms with Crippen LogP contribution in [0.1, 0.15) is 24.2 Å². The van der Waals surface area contributed by atoms with E-state index in [0.717, 1.165) is 39.6 Å². The summed E-state index contributed by atoms with van der Waals surface area (Å²) < 4.78 is 0.815. The Labute approximate surface area is 147 Å². The van der Waals surface area contributed by atoms with E-state index in [9.17, 15) is 4.79 Å². The number of aryl methyl sites for hydroxylation is 1. The van der Waals surface area contributed by atoms with Crippen LogP contribution >= 0.6 is 23.1 Å². The number of nitrogens with zero attached hydrogens (tertiary/aromatic N) is 4. The highest BCUT2D eigenvalue weighted by atomic mass is 32.2. The van der Waals surface area contributed by atoms with Crippen LogP contribution in [-0.4, -0.2) is 26.1 Å². The molecule has 24 heavy (non-hydrogen) atoms. The van der Waals surface area contributed by atoms with Crippen molar-refractivity contribution in [2.24, 2.45) is 5.92 Å². The maximum Gasteiger partial charge on any atom is 0.229 e. The number of aromatic nitrogens is 4. The average Bonchev–Trinajstić information content (AvgIpc) is 3.34. The third-order valence-electron chi connectivity index (χ3n) is 3.76. The molecule has 8 heteroatoms. The quantitative estimate of drug-likeness (QED) is 0.556. The minimum absolute atomic E-state index is 0.0546. The molecular weight excluding hydrogens is 342 g/mol. The summed E-state index contributed by atoms with van der Waals surface area (Å²) in [5, 5.41) is 11.5. The zero-order valence-corrected chi connectivity index (χ0v) is 14.7. The molecule has 0 radical (unpaired) electrons. The number of benzene rings is 1. The zero-order chi connectivity index (χ0) is 16.5.